The quantitative estimate of drug-likeness (QED) is 0.349. The number of nitrogens with two attached hydrogens (primary N) is 4. The van der Waals surface area contributed by atoms with Crippen molar-refractivity contribution in [1.29, 1.82) is 0 Å². The number of nitrogens with zero attached hydrogens (tertiary/aromatic N) is 1. The largest absolute Gasteiger partial charge is 0.368 e. The predicted molar refractivity (Wildman–Crippen MR) is 61.0 cm³/mol. The molecule has 6 heteroatoms. The SMILES string of the molecule is NCCCC(C(N)=O)N(CCN)CCN. The molecule has 8 N–H and O–H groups in total. The van der Waals surface area contributed by atoms with Gasteiger partial charge in [0.15, 0.2) is 0 Å². The lowest BCUT2D eigenvalue weighted by Gasteiger charge is -2.28. The minimum absolute atomic E-state index is 0.291. The Hall–Kier alpha value is -0.690. The molecule has 0 rings (SSSR count). The summed E-state index contributed by atoms with van der Waals surface area (Å²) in [6, 6.07) is -0.291. The fraction of sp³-hybridized carbons (Fsp3) is 0.889. The Bertz CT molecular complexity index is 170. The van der Waals surface area contributed by atoms with E-state index in [0.717, 1.165) is 6.42 Å². The summed E-state index contributed by atoms with van der Waals surface area (Å²) in [5.74, 6) is -0.328. The van der Waals surface area contributed by atoms with Crippen LogP contribution in [-0.4, -0.2) is 49.6 Å². The van der Waals surface area contributed by atoms with Gasteiger partial charge in [0.25, 0.3) is 0 Å². The van der Waals surface area contributed by atoms with Crippen LogP contribution in [0.1, 0.15) is 12.8 Å². The summed E-state index contributed by atoms with van der Waals surface area (Å²) in [5, 5.41) is 0. The van der Waals surface area contributed by atoms with Crippen molar-refractivity contribution in [2.24, 2.45) is 22.9 Å². The highest BCUT2D eigenvalue weighted by Crippen LogP contribution is 2.05. The molecule has 0 aromatic carbocycles. The molecule has 0 radical (unpaired) electrons. The number of hydrogen-bond donors (Lipinski definition) is 4. The smallest absolute Gasteiger partial charge is 0.234 e. The second kappa shape index (κ2) is 8.60. The van der Waals surface area contributed by atoms with Crippen LogP contribution >= 0.6 is 0 Å². The normalized spacial score (nSPS) is 13.1. The first-order valence-electron chi connectivity index (χ1n) is 5.31. The molecule has 0 fully saturated rings. The van der Waals surface area contributed by atoms with E-state index in [1.807, 2.05) is 4.90 Å². The molecule has 0 aromatic rings. The van der Waals surface area contributed by atoms with E-state index in [1.54, 1.807) is 0 Å². The summed E-state index contributed by atoms with van der Waals surface area (Å²) in [7, 11) is 0. The van der Waals surface area contributed by atoms with E-state index in [-0.39, 0.29) is 11.9 Å². The third kappa shape index (κ3) is 5.68. The van der Waals surface area contributed by atoms with E-state index in [0.29, 0.717) is 39.1 Å². The van der Waals surface area contributed by atoms with E-state index in [2.05, 4.69) is 0 Å². The average Bonchev–Trinajstić information content (AvgIpc) is 2.18. The van der Waals surface area contributed by atoms with Crippen LogP contribution in [0.4, 0.5) is 0 Å². The predicted octanol–water partition coefficient (Wildman–Crippen LogP) is -2.20. The van der Waals surface area contributed by atoms with E-state index < -0.39 is 0 Å². The van der Waals surface area contributed by atoms with Gasteiger partial charge < -0.3 is 22.9 Å². The molecule has 0 aromatic heterocycles. The number of carbonyl (C=O) groups excluding carboxylic acids is 1. The lowest BCUT2D eigenvalue weighted by atomic mass is 10.1. The first-order chi connectivity index (χ1) is 7.17. The van der Waals surface area contributed by atoms with Crippen molar-refractivity contribution in [3.05, 3.63) is 0 Å². The molecule has 0 saturated carbocycles. The molecular weight excluding hydrogens is 194 g/mol. The summed E-state index contributed by atoms with van der Waals surface area (Å²) in [6.07, 6.45) is 1.45. The highest BCUT2D eigenvalue weighted by Gasteiger charge is 2.21. The number of hydrogen-bond acceptors (Lipinski definition) is 5. The zero-order chi connectivity index (χ0) is 11.7. The third-order valence-electron chi connectivity index (χ3n) is 2.28. The van der Waals surface area contributed by atoms with Gasteiger partial charge in [-0.25, -0.2) is 0 Å². The van der Waals surface area contributed by atoms with Crippen LogP contribution in [0, 0.1) is 0 Å². The summed E-state index contributed by atoms with van der Waals surface area (Å²) < 4.78 is 0. The van der Waals surface area contributed by atoms with E-state index in [9.17, 15) is 4.79 Å². The molecule has 1 unspecified atom stereocenters. The maximum Gasteiger partial charge on any atom is 0.234 e. The minimum Gasteiger partial charge on any atom is -0.368 e. The minimum atomic E-state index is -0.328. The maximum atomic E-state index is 11.3. The zero-order valence-corrected chi connectivity index (χ0v) is 9.19. The van der Waals surface area contributed by atoms with Crippen molar-refractivity contribution < 1.29 is 4.79 Å². The van der Waals surface area contributed by atoms with Crippen LogP contribution in [0.25, 0.3) is 0 Å². The molecule has 6 nitrogen and oxygen atoms in total. The second-order valence-electron chi connectivity index (χ2n) is 3.46. The van der Waals surface area contributed by atoms with Crippen LogP contribution in [-0.2, 0) is 4.79 Å². The summed E-state index contributed by atoms with van der Waals surface area (Å²) >= 11 is 0. The van der Waals surface area contributed by atoms with Gasteiger partial charge >= 0.3 is 0 Å². The Morgan fingerprint density at radius 3 is 1.93 bits per heavy atom. The number of primary amides is 1. The molecule has 0 heterocycles. The molecule has 90 valence electrons. The average molecular weight is 217 g/mol. The molecule has 0 aliphatic rings. The fourth-order valence-corrected chi connectivity index (χ4v) is 1.57. The first-order valence-corrected chi connectivity index (χ1v) is 5.31. The monoisotopic (exact) mass is 217 g/mol. The summed E-state index contributed by atoms with van der Waals surface area (Å²) in [5.41, 5.74) is 21.7. The van der Waals surface area contributed by atoms with Crippen LogP contribution in [0.3, 0.4) is 0 Å². The standard InChI is InChI=1S/C9H23N5O/c10-3-1-2-8(9(13)15)14(6-4-11)7-5-12/h8H,1-7,10-12H2,(H2,13,15). The van der Waals surface area contributed by atoms with Crippen molar-refractivity contribution in [1.82, 2.24) is 4.90 Å². The van der Waals surface area contributed by atoms with Gasteiger partial charge in [0, 0.05) is 26.2 Å². The van der Waals surface area contributed by atoms with Gasteiger partial charge in [0.05, 0.1) is 6.04 Å². The van der Waals surface area contributed by atoms with Crippen molar-refractivity contribution in [2.75, 3.05) is 32.7 Å². The van der Waals surface area contributed by atoms with Gasteiger partial charge in [-0.05, 0) is 19.4 Å². The van der Waals surface area contributed by atoms with Crippen molar-refractivity contribution in [3.63, 3.8) is 0 Å². The van der Waals surface area contributed by atoms with Gasteiger partial charge in [0.2, 0.25) is 5.91 Å². The van der Waals surface area contributed by atoms with Gasteiger partial charge in [-0.2, -0.15) is 0 Å². The Kier molecular flexibility index (Phi) is 8.21. The van der Waals surface area contributed by atoms with Crippen LogP contribution < -0.4 is 22.9 Å². The Balaban J connectivity index is 4.30. The van der Waals surface area contributed by atoms with Gasteiger partial charge in [-0.1, -0.05) is 0 Å². The lowest BCUT2D eigenvalue weighted by Crippen LogP contribution is -2.48. The molecule has 0 bridgehead atoms. The third-order valence-corrected chi connectivity index (χ3v) is 2.28. The number of carbonyl (C=O) groups is 1. The number of amides is 1. The second-order valence-corrected chi connectivity index (χ2v) is 3.46. The summed E-state index contributed by atoms with van der Waals surface area (Å²) in [6.45, 7) is 2.81. The fourth-order valence-electron chi connectivity index (χ4n) is 1.57. The van der Waals surface area contributed by atoms with Crippen LogP contribution in [0.15, 0.2) is 0 Å². The first kappa shape index (κ1) is 14.3. The van der Waals surface area contributed by atoms with Crippen molar-refractivity contribution in [2.45, 2.75) is 18.9 Å². The Morgan fingerprint density at radius 1 is 1.07 bits per heavy atom. The maximum absolute atomic E-state index is 11.3. The van der Waals surface area contributed by atoms with Gasteiger partial charge in [0.1, 0.15) is 0 Å². The van der Waals surface area contributed by atoms with E-state index >= 15 is 0 Å². The molecule has 0 spiro atoms. The van der Waals surface area contributed by atoms with E-state index in [4.69, 9.17) is 22.9 Å². The Labute approximate surface area is 90.9 Å². The van der Waals surface area contributed by atoms with Gasteiger partial charge in [-0.3, -0.25) is 9.69 Å². The molecule has 1 amide bonds. The molecular formula is C9H23N5O. The van der Waals surface area contributed by atoms with Gasteiger partial charge in [-0.15, -0.1) is 0 Å². The highest BCUT2D eigenvalue weighted by molar-refractivity contribution is 5.79. The lowest BCUT2D eigenvalue weighted by molar-refractivity contribution is -0.123. The molecule has 0 saturated heterocycles. The Morgan fingerprint density at radius 2 is 1.60 bits per heavy atom. The molecule has 0 aliphatic carbocycles. The van der Waals surface area contributed by atoms with Crippen molar-refractivity contribution >= 4 is 5.91 Å². The molecule has 1 atom stereocenters. The van der Waals surface area contributed by atoms with Crippen LogP contribution in [0.2, 0.25) is 0 Å². The number of rotatable bonds is 9. The highest BCUT2D eigenvalue weighted by atomic mass is 16.1. The molecule has 0 aliphatic heterocycles. The summed E-state index contributed by atoms with van der Waals surface area (Å²) in [4.78, 5) is 13.2. The van der Waals surface area contributed by atoms with E-state index in [1.165, 1.54) is 0 Å². The zero-order valence-electron chi connectivity index (χ0n) is 9.19. The topological polar surface area (TPSA) is 124 Å². The van der Waals surface area contributed by atoms with Crippen molar-refractivity contribution in [3.8, 4) is 0 Å². The van der Waals surface area contributed by atoms with Crippen LogP contribution in [0.5, 0.6) is 0 Å². The molecule has 15 heavy (non-hydrogen) atoms.